The summed E-state index contributed by atoms with van der Waals surface area (Å²) in [6, 6.07) is 4.19. The van der Waals surface area contributed by atoms with Crippen molar-refractivity contribution in [3.8, 4) is 0 Å². The Labute approximate surface area is 119 Å². The summed E-state index contributed by atoms with van der Waals surface area (Å²) in [7, 11) is 0. The van der Waals surface area contributed by atoms with E-state index in [9.17, 15) is 0 Å². The van der Waals surface area contributed by atoms with Gasteiger partial charge in [-0.2, -0.15) is 0 Å². The van der Waals surface area contributed by atoms with Gasteiger partial charge in [-0.05, 0) is 36.3 Å². The first-order valence-corrected chi connectivity index (χ1v) is 7.39. The van der Waals surface area contributed by atoms with Gasteiger partial charge in [-0.1, -0.05) is 23.2 Å². The summed E-state index contributed by atoms with van der Waals surface area (Å²) in [5.41, 5.74) is 2.12. The van der Waals surface area contributed by atoms with Crippen LogP contribution in [-0.2, 0) is 6.42 Å². The second-order valence-electron chi connectivity index (χ2n) is 4.26. The van der Waals surface area contributed by atoms with Crippen molar-refractivity contribution in [1.29, 1.82) is 0 Å². The molecule has 0 bridgehead atoms. The fourth-order valence-electron chi connectivity index (χ4n) is 2.28. The maximum Gasteiger partial charge on any atom is 0.174 e. The zero-order valence-electron chi connectivity index (χ0n) is 9.49. The molecule has 18 heavy (non-hydrogen) atoms. The first-order chi connectivity index (χ1) is 8.74. The first kappa shape index (κ1) is 12.2. The summed E-state index contributed by atoms with van der Waals surface area (Å²) < 4.78 is 0. The molecular formula is C12H11Cl2N3S. The van der Waals surface area contributed by atoms with E-state index in [1.54, 1.807) is 6.07 Å². The normalized spacial score (nSPS) is 18.4. The lowest BCUT2D eigenvalue weighted by Gasteiger charge is -2.24. The van der Waals surface area contributed by atoms with Gasteiger partial charge in [-0.3, -0.25) is 0 Å². The summed E-state index contributed by atoms with van der Waals surface area (Å²) in [6.07, 6.45) is 3.46. The predicted octanol–water partition coefficient (Wildman–Crippen LogP) is 4.33. The summed E-state index contributed by atoms with van der Waals surface area (Å²) in [5.74, 6) is 0. The Kier molecular flexibility index (Phi) is 3.41. The van der Waals surface area contributed by atoms with Gasteiger partial charge in [0.1, 0.15) is 0 Å². The average molecular weight is 300 g/mol. The minimum Gasteiger partial charge on any atom is -0.376 e. The number of hydrogen-bond acceptors (Lipinski definition) is 4. The van der Waals surface area contributed by atoms with Gasteiger partial charge in [0, 0.05) is 10.9 Å². The third kappa shape index (κ3) is 2.32. The molecule has 0 fully saturated rings. The van der Waals surface area contributed by atoms with Crippen LogP contribution in [0, 0.1) is 0 Å². The smallest absolute Gasteiger partial charge is 0.174 e. The Hall–Kier alpha value is -0.840. The van der Waals surface area contributed by atoms with Gasteiger partial charge < -0.3 is 5.32 Å². The minimum atomic E-state index is 0.290. The number of thiophene rings is 1. The van der Waals surface area contributed by atoms with Crippen molar-refractivity contribution >= 4 is 40.2 Å². The summed E-state index contributed by atoms with van der Waals surface area (Å²) in [5, 5.41) is 13.8. The van der Waals surface area contributed by atoms with Crippen molar-refractivity contribution in [1.82, 2.24) is 10.2 Å². The molecule has 1 unspecified atom stereocenters. The molecule has 3 nitrogen and oxygen atoms in total. The van der Waals surface area contributed by atoms with Crippen LogP contribution in [0.4, 0.5) is 5.69 Å². The van der Waals surface area contributed by atoms with E-state index < -0.39 is 0 Å². The lowest BCUT2D eigenvalue weighted by atomic mass is 9.94. The minimum absolute atomic E-state index is 0.290. The van der Waals surface area contributed by atoms with Crippen molar-refractivity contribution < 1.29 is 0 Å². The van der Waals surface area contributed by atoms with Gasteiger partial charge in [0.05, 0.1) is 11.7 Å². The third-order valence-corrected chi connectivity index (χ3v) is 4.56. The Bertz CT molecular complexity index is 570. The number of aryl methyl sites for hydroxylation is 1. The van der Waals surface area contributed by atoms with E-state index in [2.05, 4.69) is 27.0 Å². The molecule has 0 aromatic carbocycles. The molecule has 1 aliphatic carbocycles. The lowest BCUT2D eigenvalue weighted by Crippen LogP contribution is -2.16. The molecule has 0 spiro atoms. The number of halogens is 2. The molecule has 3 rings (SSSR count). The fourth-order valence-corrected chi connectivity index (χ4v) is 3.56. The van der Waals surface area contributed by atoms with E-state index in [4.69, 9.17) is 23.2 Å². The SMILES string of the molecule is Clc1cc(NC2CCCc3sccc32)c(Cl)nn1. The zero-order valence-corrected chi connectivity index (χ0v) is 11.8. The first-order valence-electron chi connectivity index (χ1n) is 5.75. The highest BCUT2D eigenvalue weighted by molar-refractivity contribution is 7.10. The Morgan fingerprint density at radius 3 is 3.11 bits per heavy atom. The number of rotatable bonds is 2. The Morgan fingerprint density at radius 1 is 1.33 bits per heavy atom. The largest absolute Gasteiger partial charge is 0.376 e. The number of anilines is 1. The van der Waals surface area contributed by atoms with Crippen LogP contribution in [0.1, 0.15) is 29.3 Å². The molecule has 0 saturated heterocycles. The molecule has 94 valence electrons. The number of nitrogens with one attached hydrogen (secondary N) is 1. The monoisotopic (exact) mass is 299 g/mol. The molecule has 1 aliphatic rings. The average Bonchev–Trinajstić information content (AvgIpc) is 2.83. The highest BCUT2D eigenvalue weighted by atomic mass is 35.5. The molecule has 0 radical (unpaired) electrons. The molecular weight excluding hydrogens is 289 g/mol. The van der Waals surface area contributed by atoms with E-state index in [0.29, 0.717) is 10.3 Å². The van der Waals surface area contributed by atoms with Crippen molar-refractivity contribution in [2.45, 2.75) is 25.3 Å². The Morgan fingerprint density at radius 2 is 2.22 bits per heavy atom. The molecule has 0 saturated carbocycles. The Balaban J connectivity index is 1.88. The molecule has 2 aromatic heterocycles. The zero-order chi connectivity index (χ0) is 12.5. The van der Waals surface area contributed by atoms with Crippen molar-refractivity contribution in [3.05, 3.63) is 38.3 Å². The highest BCUT2D eigenvalue weighted by Crippen LogP contribution is 2.36. The number of nitrogens with zero attached hydrogens (tertiary/aromatic N) is 2. The van der Waals surface area contributed by atoms with E-state index in [1.165, 1.54) is 23.3 Å². The second kappa shape index (κ2) is 5.03. The third-order valence-electron chi connectivity index (χ3n) is 3.10. The second-order valence-corrected chi connectivity index (χ2v) is 6.01. The topological polar surface area (TPSA) is 37.8 Å². The van der Waals surface area contributed by atoms with Crippen molar-refractivity contribution in [2.24, 2.45) is 0 Å². The summed E-state index contributed by atoms with van der Waals surface area (Å²) in [6.45, 7) is 0. The van der Waals surface area contributed by atoms with Crippen molar-refractivity contribution in [2.75, 3.05) is 5.32 Å². The van der Waals surface area contributed by atoms with Gasteiger partial charge in [0.25, 0.3) is 0 Å². The molecule has 1 N–H and O–H groups in total. The van der Waals surface area contributed by atoms with E-state index in [-0.39, 0.29) is 6.04 Å². The van der Waals surface area contributed by atoms with Gasteiger partial charge in [-0.15, -0.1) is 21.5 Å². The molecule has 2 aromatic rings. The maximum absolute atomic E-state index is 6.02. The van der Waals surface area contributed by atoms with Gasteiger partial charge in [0.2, 0.25) is 0 Å². The van der Waals surface area contributed by atoms with Crippen LogP contribution in [0.2, 0.25) is 10.3 Å². The van der Waals surface area contributed by atoms with Crippen LogP contribution < -0.4 is 5.32 Å². The number of aromatic nitrogens is 2. The standard InChI is InChI=1S/C12H11Cl2N3S/c13-11-6-9(12(14)17-16-11)15-8-2-1-3-10-7(8)4-5-18-10/h4-6,8H,1-3H2,(H,15,16). The predicted molar refractivity (Wildman–Crippen MR) is 75.7 cm³/mol. The van der Waals surface area contributed by atoms with Crippen LogP contribution in [0.15, 0.2) is 17.5 Å². The number of fused-ring (bicyclic) bond motifs is 1. The van der Waals surface area contributed by atoms with Gasteiger partial charge in [0.15, 0.2) is 10.3 Å². The fraction of sp³-hybridized carbons (Fsp3) is 0.333. The highest BCUT2D eigenvalue weighted by Gasteiger charge is 2.22. The lowest BCUT2D eigenvalue weighted by molar-refractivity contribution is 0.608. The van der Waals surface area contributed by atoms with Crippen LogP contribution in [0.3, 0.4) is 0 Å². The molecule has 0 aliphatic heterocycles. The molecule has 6 heteroatoms. The molecule has 1 atom stereocenters. The quantitative estimate of drug-likeness (QED) is 0.896. The molecule has 2 heterocycles. The van der Waals surface area contributed by atoms with E-state index in [0.717, 1.165) is 12.1 Å². The van der Waals surface area contributed by atoms with Gasteiger partial charge >= 0.3 is 0 Å². The van der Waals surface area contributed by atoms with E-state index >= 15 is 0 Å². The van der Waals surface area contributed by atoms with Gasteiger partial charge in [-0.25, -0.2) is 0 Å². The van der Waals surface area contributed by atoms with Crippen LogP contribution in [0.5, 0.6) is 0 Å². The van der Waals surface area contributed by atoms with E-state index in [1.807, 2.05) is 11.3 Å². The summed E-state index contributed by atoms with van der Waals surface area (Å²) >= 11 is 13.7. The summed E-state index contributed by atoms with van der Waals surface area (Å²) in [4.78, 5) is 1.46. The van der Waals surface area contributed by atoms with Crippen molar-refractivity contribution in [3.63, 3.8) is 0 Å². The van der Waals surface area contributed by atoms with Crippen LogP contribution in [-0.4, -0.2) is 10.2 Å². The van der Waals surface area contributed by atoms with Crippen LogP contribution in [0.25, 0.3) is 0 Å². The van der Waals surface area contributed by atoms with Crippen LogP contribution >= 0.6 is 34.5 Å². The molecule has 0 amide bonds. The number of hydrogen-bond donors (Lipinski definition) is 1. The maximum atomic E-state index is 6.02.